The Morgan fingerprint density at radius 3 is 3.19 bits per heavy atom. The zero-order chi connectivity index (χ0) is 11.5. The van der Waals surface area contributed by atoms with E-state index in [4.69, 9.17) is 27.5 Å². The van der Waals surface area contributed by atoms with Gasteiger partial charge in [-0.05, 0) is 6.07 Å². The molecule has 0 radical (unpaired) electrons. The van der Waals surface area contributed by atoms with Crippen LogP contribution in [-0.4, -0.2) is 36.6 Å². The maximum absolute atomic E-state index is 7.38. The van der Waals surface area contributed by atoms with E-state index in [1.165, 1.54) is 0 Å². The molecule has 1 atom stereocenters. The van der Waals surface area contributed by atoms with Crippen LogP contribution in [0.5, 0.6) is 0 Å². The molecule has 0 amide bonds. The lowest BCUT2D eigenvalue weighted by atomic mass is 10.2. The molecule has 1 fully saturated rings. The second-order valence-electron chi connectivity index (χ2n) is 3.59. The van der Waals surface area contributed by atoms with Gasteiger partial charge in [0.05, 0.1) is 23.9 Å². The molecule has 3 N–H and O–H groups in total. The van der Waals surface area contributed by atoms with Gasteiger partial charge in [0, 0.05) is 18.9 Å². The van der Waals surface area contributed by atoms with Gasteiger partial charge in [-0.1, -0.05) is 11.6 Å². The highest BCUT2D eigenvalue weighted by Gasteiger charge is 2.23. The van der Waals surface area contributed by atoms with Crippen LogP contribution in [0.4, 0.5) is 5.69 Å². The third kappa shape index (κ3) is 2.25. The van der Waals surface area contributed by atoms with Crippen LogP contribution in [-0.2, 0) is 4.74 Å². The largest absolute Gasteiger partial charge is 0.385 e. The molecule has 16 heavy (non-hydrogen) atoms. The average Bonchev–Trinajstić information content (AvgIpc) is 2.30. The summed E-state index contributed by atoms with van der Waals surface area (Å²) in [6, 6.07) is 1.85. The Bertz CT molecular complexity index is 398. The van der Waals surface area contributed by atoms with Crippen molar-refractivity contribution in [1.82, 2.24) is 4.98 Å². The van der Waals surface area contributed by atoms with Crippen molar-refractivity contribution < 1.29 is 4.74 Å². The molecule has 1 aliphatic rings. The van der Waals surface area contributed by atoms with E-state index in [2.05, 4.69) is 9.88 Å². The molecule has 0 aromatic carbocycles. The number of anilines is 1. The van der Waals surface area contributed by atoms with E-state index >= 15 is 0 Å². The van der Waals surface area contributed by atoms with Crippen LogP contribution in [0.3, 0.4) is 0 Å². The minimum Gasteiger partial charge on any atom is -0.385 e. The fraction of sp³-hybridized carbons (Fsp3) is 0.400. The molecular weight excluding hydrogens is 228 g/mol. The molecule has 1 unspecified atom stereocenters. The lowest BCUT2D eigenvalue weighted by Gasteiger charge is -2.34. The first kappa shape index (κ1) is 11.2. The van der Waals surface area contributed by atoms with Crippen molar-refractivity contribution in [3.63, 3.8) is 0 Å². The third-order valence-electron chi connectivity index (χ3n) is 2.51. The predicted molar refractivity (Wildman–Crippen MR) is 63.1 cm³/mol. The van der Waals surface area contributed by atoms with Crippen LogP contribution < -0.4 is 10.6 Å². The number of pyridine rings is 1. The molecular formula is C10H13ClN4O. The number of morpholine rings is 1. The summed E-state index contributed by atoms with van der Waals surface area (Å²) in [6.45, 7) is 1.84. The summed E-state index contributed by atoms with van der Waals surface area (Å²) in [5.74, 6) is 0.0508. The highest BCUT2D eigenvalue weighted by atomic mass is 35.5. The summed E-state index contributed by atoms with van der Waals surface area (Å²) in [4.78, 5) is 5.99. The second-order valence-corrected chi connectivity index (χ2v) is 4.00. The minimum atomic E-state index is -0.349. The Morgan fingerprint density at radius 1 is 1.69 bits per heavy atom. The van der Waals surface area contributed by atoms with E-state index in [0.717, 1.165) is 12.2 Å². The fourth-order valence-electron chi connectivity index (χ4n) is 1.68. The summed E-state index contributed by atoms with van der Waals surface area (Å²) < 4.78 is 5.38. The zero-order valence-corrected chi connectivity index (χ0v) is 9.44. The van der Waals surface area contributed by atoms with Crippen molar-refractivity contribution >= 4 is 23.1 Å². The Labute approximate surface area is 98.7 Å². The van der Waals surface area contributed by atoms with Crippen molar-refractivity contribution in [3.05, 3.63) is 23.5 Å². The monoisotopic (exact) mass is 240 g/mol. The van der Waals surface area contributed by atoms with Gasteiger partial charge in [0.25, 0.3) is 0 Å². The lowest BCUT2D eigenvalue weighted by Crippen LogP contribution is -2.48. The number of nitrogens with one attached hydrogen (secondary N) is 1. The number of aromatic nitrogens is 1. The summed E-state index contributed by atoms with van der Waals surface area (Å²) in [6.07, 6.45) is 2.95. The summed E-state index contributed by atoms with van der Waals surface area (Å²) in [7, 11) is 0. The van der Waals surface area contributed by atoms with Crippen molar-refractivity contribution in [2.45, 2.75) is 6.10 Å². The molecule has 1 aromatic rings. The van der Waals surface area contributed by atoms with Crippen molar-refractivity contribution in [3.8, 4) is 0 Å². The van der Waals surface area contributed by atoms with Crippen molar-refractivity contribution in [2.75, 3.05) is 24.6 Å². The predicted octanol–water partition coefficient (Wildman–Crippen LogP) is 0.876. The zero-order valence-electron chi connectivity index (χ0n) is 8.69. The van der Waals surface area contributed by atoms with E-state index < -0.39 is 0 Å². The van der Waals surface area contributed by atoms with Crippen molar-refractivity contribution in [1.29, 1.82) is 5.41 Å². The number of rotatable bonds is 2. The van der Waals surface area contributed by atoms with Gasteiger partial charge in [0.2, 0.25) is 0 Å². The van der Waals surface area contributed by atoms with Gasteiger partial charge in [-0.15, -0.1) is 0 Å². The maximum Gasteiger partial charge on any atom is 0.131 e. The second kappa shape index (κ2) is 4.67. The molecule has 1 saturated heterocycles. The number of amidine groups is 1. The van der Waals surface area contributed by atoms with Crippen LogP contribution in [0, 0.1) is 5.41 Å². The lowest BCUT2D eigenvalue weighted by molar-refractivity contribution is 0.0826. The van der Waals surface area contributed by atoms with E-state index in [9.17, 15) is 0 Å². The van der Waals surface area contributed by atoms with Gasteiger partial charge >= 0.3 is 0 Å². The first-order valence-electron chi connectivity index (χ1n) is 4.98. The van der Waals surface area contributed by atoms with Crippen LogP contribution >= 0.6 is 11.6 Å². The van der Waals surface area contributed by atoms with Gasteiger partial charge < -0.3 is 15.4 Å². The number of ether oxygens (including phenoxy) is 1. The smallest absolute Gasteiger partial charge is 0.131 e. The van der Waals surface area contributed by atoms with Gasteiger partial charge in [0.15, 0.2) is 0 Å². The summed E-state index contributed by atoms with van der Waals surface area (Å²) >= 11 is 6.05. The normalized spacial score (nSPS) is 20.8. The summed E-state index contributed by atoms with van der Waals surface area (Å²) in [5, 5.41) is 7.98. The van der Waals surface area contributed by atoms with Gasteiger partial charge in [0.1, 0.15) is 11.9 Å². The average molecular weight is 241 g/mol. The number of nitrogens with zero attached hydrogens (tertiary/aromatic N) is 2. The molecule has 0 bridgehead atoms. The number of nitrogens with two attached hydrogens (primary N) is 1. The fourth-order valence-corrected chi connectivity index (χ4v) is 1.92. The van der Waals surface area contributed by atoms with E-state index in [0.29, 0.717) is 18.2 Å². The van der Waals surface area contributed by atoms with E-state index in [1.54, 1.807) is 12.4 Å². The quantitative estimate of drug-likeness (QED) is 0.594. The molecule has 0 aliphatic carbocycles. The Hall–Kier alpha value is -1.33. The van der Waals surface area contributed by atoms with Crippen LogP contribution in [0.2, 0.25) is 5.02 Å². The van der Waals surface area contributed by atoms with Gasteiger partial charge in [-0.25, -0.2) is 0 Å². The number of hydrogen-bond donors (Lipinski definition) is 2. The SMILES string of the molecule is N=C(N)C1CN(c2ccncc2Cl)CCO1. The molecule has 0 saturated carbocycles. The maximum atomic E-state index is 7.38. The first-order chi connectivity index (χ1) is 7.68. The van der Waals surface area contributed by atoms with Crippen LogP contribution in [0.25, 0.3) is 0 Å². The number of halogens is 1. The van der Waals surface area contributed by atoms with Gasteiger partial charge in [-0.2, -0.15) is 0 Å². The standard InChI is InChI=1S/C10H13ClN4O/c11-7-5-14-2-1-8(7)15-3-4-16-9(6-15)10(12)13/h1-2,5,9H,3-4,6H2,(H3,12,13). The molecule has 1 aliphatic heterocycles. The van der Waals surface area contributed by atoms with Gasteiger partial charge in [-0.3, -0.25) is 10.4 Å². The molecule has 86 valence electrons. The molecule has 2 rings (SSSR count). The number of hydrogen-bond acceptors (Lipinski definition) is 4. The van der Waals surface area contributed by atoms with E-state index in [-0.39, 0.29) is 11.9 Å². The highest BCUT2D eigenvalue weighted by Crippen LogP contribution is 2.25. The Balaban J connectivity index is 2.16. The minimum absolute atomic E-state index is 0.0508. The molecule has 5 nitrogen and oxygen atoms in total. The van der Waals surface area contributed by atoms with Crippen molar-refractivity contribution in [2.24, 2.45) is 5.73 Å². The molecule has 2 heterocycles. The molecule has 6 heteroatoms. The first-order valence-corrected chi connectivity index (χ1v) is 5.36. The summed E-state index contributed by atoms with van der Waals surface area (Å²) in [5.41, 5.74) is 6.34. The Morgan fingerprint density at radius 2 is 2.50 bits per heavy atom. The molecule has 0 spiro atoms. The highest BCUT2D eigenvalue weighted by molar-refractivity contribution is 6.33. The van der Waals surface area contributed by atoms with E-state index in [1.807, 2.05) is 6.07 Å². The Kier molecular flexibility index (Phi) is 3.26. The van der Waals surface area contributed by atoms with Crippen LogP contribution in [0.15, 0.2) is 18.5 Å². The van der Waals surface area contributed by atoms with Crippen LogP contribution in [0.1, 0.15) is 0 Å². The topological polar surface area (TPSA) is 75.2 Å². The molecule has 1 aromatic heterocycles. The third-order valence-corrected chi connectivity index (χ3v) is 2.80.